The standard InChI is InChI=1S/C16H24F2N2O/c17-16(18)13-21-10-9-20-8-4-7-19-15(12-20)11-14-5-2-1-3-6-14/h1-3,5-6,15-16,19H,4,7-13H2. The Hall–Kier alpha value is -1.04. The summed E-state index contributed by atoms with van der Waals surface area (Å²) in [6, 6.07) is 10.8. The van der Waals surface area contributed by atoms with Crippen molar-refractivity contribution in [3.05, 3.63) is 35.9 Å². The topological polar surface area (TPSA) is 24.5 Å². The van der Waals surface area contributed by atoms with E-state index in [1.54, 1.807) is 0 Å². The summed E-state index contributed by atoms with van der Waals surface area (Å²) >= 11 is 0. The fourth-order valence-corrected chi connectivity index (χ4v) is 2.68. The molecule has 1 fully saturated rings. The quantitative estimate of drug-likeness (QED) is 0.781. The number of halogens is 2. The fraction of sp³-hybridized carbons (Fsp3) is 0.625. The summed E-state index contributed by atoms with van der Waals surface area (Å²) in [7, 11) is 0. The second kappa shape index (κ2) is 9.07. The van der Waals surface area contributed by atoms with Crippen LogP contribution in [0.2, 0.25) is 0 Å². The molecule has 0 spiro atoms. The molecule has 0 aromatic heterocycles. The first kappa shape index (κ1) is 16.3. The number of benzene rings is 1. The summed E-state index contributed by atoms with van der Waals surface area (Å²) in [6.07, 6.45) is -0.295. The normalized spacial score (nSPS) is 20.6. The van der Waals surface area contributed by atoms with Crippen LogP contribution in [0, 0.1) is 0 Å². The van der Waals surface area contributed by atoms with Crippen molar-refractivity contribution >= 4 is 0 Å². The number of nitrogens with one attached hydrogen (secondary N) is 1. The SMILES string of the molecule is FC(F)COCCN1CCCNC(Cc2ccccc2)C1. The van der Waals surface area contributed by atoms with Gasteiger partial charge < -0.3 is 10.1 Å². The fourth-order valence-electron chi connectivity index (χ4n) is 2.68. The van der Waals surface area contributed by atoms with E-state index >= 15 is 0 Å². The Morgan fingerprint density at radius 1 is 1.29 bits per heavy atom. The Balaban J connectivity index is 1.75. The van der Waals surface area contributed by atoms with Crippen molar-refractivity contribution in [1.29, 1.82) is 0 Å². The first-order chi connectivity index (χ1) is 10.2. The van der Waals surface area contributed by atoms with Crippen molar-refractivity contribution in [3.63, 3.8) is 0 Å². The average molecular weight is 298 g/mol. The molecule has 1 aromatic carbocycles. The third kappa shape index (κ3) is 6.50. The van der Waals surface area contributed by atoms with Gasteiger partial charge >= 0.3 is 0 Å². The van der Waals surface area contributed by atoms with Gasteiger partial charge in [-0.05, 0) is 31.5 Å². The molecule has 1 N–H and O–H groups in total. The molecule has 1 heterocycles. The van der Waals surface area contributed by atoms with E-state index in [0.29, 0.717) is 12.6 Å². The van der Waals surface area contributed by atoms with Gasteiger partial charge in [-0.3, -0.25) is 4.90 Å². The summed E-state index contributed by atoms with van der Waals surface area (Å²) < 4.78 is 29.0. The highest BCUT2D eigenvalue weighted by atomic mass is 19.3. The lowest BCUT2D eigenvalue weighted by Gasteiger charge is -2.24. The summed E-state index contributed by atoms with van der Waals surface area (Å²) in [5, 5.41) is 3.57. The third-order valence-corrected chi connectivity index (χ3v) is 3.68. The Labute approximate surface area is 125 Å². The van der Waals surface area contributed by atoms with Crippen LogP contribution in [0.4, 0.5) is 8.78 Å². The lowest BCUT2D eigenvalue weighted by molar-refractivity contribution is 0.00967. The van der Waals surface area contributed by atoms with Crippen LogP contribution in [-0.2, 0) is 11.2 Å². The number of ether oxygens (including phenoxy) is 1. The first-order valence-electron chi connectivity index (χ1n) is 7.59. The Morgan fingerprint density at radius 3 is 2.86 bits per heavy atom. The van der Waals surface area contributed by atoms with Crippen molar-refractivity contribution in [2.45, 2.75) is 25.3 Å². The second-order valence-electron chi connectivity index (χ2n) is 5.46. The van der Waals surface area contributed by atoms with Crippen molar-refractivity contribution in [3.8, 4) is 0 Å². The molecule has 0 radical (unpaired) electrons. The van der Waals surface area contributed by atoms with E-state index in [-0.39, 0.29) is 0 Å². The Kier molecular flexibility index (Phi) is 7.06. The minimum absolute atomic E-state index is 0.377. The van der Waals surface area contributed by atoms with Crippen LogP contribution in [0.1, 0.15) is 12.0 Å². The number of hydrogen-bond donors (Lipinski definition) is 1. The van der Waals surface area contributed by atoms with Gasteiger partial charge in [-0.25, -0.2) is 8.78 Å². The van der Waals surface area contributed by atoms with Crippen molar-refractivity contribution in [1.82, 2.24) is 10.2 Å². The van der Waals surface area contributed by atoms with Crippen LogP contribution >= 0.6 is 0 Å². The first-order valence-corrected chi connectivity index (χ1v) is 7.59. The Bertz CT molecular complexity index is 389. The second-order valence-corrected chi connectivity index (χ2v) is 5.46. The highest BCUT2D eigenvalue weighted by Crippen LogP contribution is 2.08. The molecule has 0 amide bonds. The smallest absolute Gasteiger partial charge is 0.261 e. The summed E-state index contributed by atoms with van der Waals surface area (Å²) in [4.78, 5) is 2.30. The van der Waals surface area contributed by atoms with Gasteiger partial charge in [0.05, 0.1) is 6.61 Å². The van der Waals surface area contributed by atoms with Crippen LogP contribution in [0.25, 0.3) is 0 Å². The maximum atomic E-state index is 12.0. The third-order valence-electron chi connectivity index (χ3n) is 3.68. The maximum absolute atomic E-state index is 12.0. The molecule has 1 aliphatic rings. The molecule has 1 aromatic rings. The van der Waals surface area contributed by atoms with E-state index in [1.165, 1.54) is 5.56 Å². The minimum Gasteiger partial charge on any atom is -0.374 e. The van der Waals surface area contributed by atoms with Crippen LogP contribution in [-0.4, -0.2) is 56.8 Å². The molecule has 0 saturated carbocycles. The molecule has 118 valence electrons. The number of alkyl halides is 2. The summed E-state index contributed by atoms with van der Waals surface area (Å²) in [5.74, 6) is 0. The van der Waals surface area contributed by atoms with E-state index in [0.717, 1.165) is 39.0 Å². The van der Waals surface area contributed by atoms with Gasteiger partial charge in [-0.2, -0.15) is 0 Å². The number of rotatable bonds is 7. The van der Waals surface area contributed by atoms with E-state index in [2.05, 4.69) is 34.5 Å². The lowest BCUT2D eigenvalue weighted by atomic mass is 10.1. The predicted molar refractivity (Wildman–Crippen MR) is 79.8 cm³/mol. The zero-order valence-electron chi connectivity index (χ0n) is 12.3. The molecule has 0 bridgehead atoms. The zero-order valence-corrected chi connectivity index (χ0v) is 12.3. The van der Waals surface area contributed by atoms with Crippen LogP contribution in [0.5, 0.6) is 0 Å². The largest absolute Gasteiger partial charge is 0.374 e. The molecular formula is C16H24F2N2O. The molecule has 0 aliphatic carbocycles. The monoisotopic (exact) mass is 298 g/mol. The predicted octanol–water partition coefficient (Wildman–Crippen LogP) is 2.17. The molecule has 1 unspecified atom stereocenters. The van der Waals surface area contributed by atoms with Gasteiger partial charge in [0.1, 0.15) is 6.61 Å². The average Bonchev–Trinajstić information content (AvgIpc) is 2.70. The Morgan fingerprint density at radius 2 is 2.10 bits per heavy atom. The minimum atomic E-state index is -2.37. The van der Waals surface area contributed by atoms with E-state index in [1.807, 2.05) is 6.07 Å². The van der Waals surface area contributed by atoms with Gasteiger partial charge in [0.2, 0.25) is 0 Å². The lowest BCUT2D eigenvalue weighted by Crippen LogP contribution is -2.40. The van der Waals surface area contributed by atoms with Crippen LogP contribution in [0.15, 0.2) is 30.3 Å². The van der Waals surface area contributed by atoms with E-state index in [4.69, 9.17) is 4.74 Å². The van der Waals surface area contributed by atoms with Gasteiger partial charge in [0, 0.05) is 19.1 Å². The van der Waals surface area contributed by atoms with Crippen molar-refractivity contribution in [2.75, 3.05) is 39.4 Å². The molecule has 2 rings (SSSR count). The highest BCUT2D eigenvalue weighted by molar-refractivity contribution is 5.16. The van der Waals surface area contributed by atoms with Crippen molar-refractivity contribution in [2.24, 2.45) is 0 Å². The van der Waals surface area contributed by atoms with Gasteiger partial charge in [0.25, 0.3) is 6.43 Å². The maximum Gasteiger partial charge on any atom is 0.261 e. The molecule has 1 saturated heterocycles. The molecule has 1 aliphatic heterocycles. The highest BCUT2D eigenvalue weighted by Gasteiger charge is 2.17. The van der Waals surface area contributed by atoms with Crippen molar-refractivity contribution < 1.29 is 13.5 Å². The molecule has 21 heavy (non-hydrogen) atoms. The van der Waals surface area contributed by atoms with Gasteiger partial charge in [-0.1, -0.05) is 30.3 Å². The summed E-state index contributed by atoms with van der Waals surface area (Å²) in [5.41, 5.74) is 1.32. The molecular weight excluding hydrogens is 274 g/mol. The van der Waals surface area contributed by atoms with E-state index < -0.39 is 13.0 Å². The van der Waals surface area contributed by atoms with Gasteiger partial charge in [-0.15, -0.1) is 0 Å². The van der Waals surface area contributed by atoms with Crippen LogP contribution < -0.4 is 5.32 Å². The van der Waals surface area contributed by atoms with E-state index in [9.17, 15) is 8.78 Å². The summed E-state index contributed by atoms with van der Waals surface area (Å²) in [6.45, 7) is 3.58. The molecule has 3 nitrogen and oxygen atoms in total. The zero-order chi connectivity index (χ0) is 14.9. The molecule has 5 heteroatoms. The number of hydrogen-bond acceptors (Lipinski definition) is 3. The van der Waals surface area contributed by atoms with Gasteiger partial charge in [0.15, 0.2) is 0 Å². The number of nitrogens with zero attached hydrogens (tertiary/aromatic N) is 1. The van der Waals surface area contributed by atoms with Crippen LogP contribution in [0.3, 0.4) is 0 Å². The molecule has 1 atom stereocenters.